The largest absolute Gasteiger partial charge is 0.394 e. The van der Waals surface area contributed by atoms with E-state index in [-0.39, 0.29) is 18.6 Å². The van der Waals surface area contributed by atoms with Crippen molar-refractivity contribution in [3.8, 4) is 0 Å². The molecule has 182 valence electrons. The molecule has 0 saturated carbocycles. The standard InChI is InChI=1S/C25H36N2O6/c1-17(14-19-10-6-4-7-11-19)27-25(30)18(2)33-23(22(29)21(15-28)31-3)24(26)32-16-20-12-8-5-9-13-20/h4-13,17-18,21-24,28-29H,14-16,26H2,1-3H3,(H,27,30)/t17-,18+,21?,22?,23?,24+/m0/s1. The van der Waals surface area contributed by atoms with E-state index < -0.39 is 37.3 Å². The monoisotopic (exact) mass is 460 g/mol. The summed E-state index contributed by atoms with van der Waals surface area (Å²) in [6, 6.07) is 19.1. The van der Waals surface area contributed by atoms with Crippen LogP contribution in [0.3, 0.4) is 0 Å². The molecular weight excluding hydrogens is 424 g/mol. The highest BCUT2D eigenvalue weighted by Gasteiger charge is 2.36. The second kappa shape index (κ2) is 14.0. The van der Waals surface area contributed by atoms with Crippen LogP contribution in [-0.2, 0) is 32.0 Å². The molecule has 0 radical (unpaired) electrons. The van der Waals surface area contributed by atoms with Crippen molar-refractivity contribution in [2.75, 3.05) is 13.7 Å². The Labute approximate surface area is 195 Å². The van der Waals surface area contributed by atoms with Crippen LogP contribution >= 0.6 is 0 Å². The highest BCUT2D eigenvalue weighted by molar-refractivity contribution is 5.80. The van der Waals surface area contributed by atoms with Gasteiger partial charge in [0.05, 0.1) is 13.2 Å². The normalized spacial score (nSPS) is 16.9. The number of nitrogens with two attached hydrogens (primary N) is 1. The van der Waals surface area contributed by atoms with Gasteiger partial charge in [0.1, 0.15) is 30.6 Å². The average molecular weight is 461 g/mol. The minimum Gasteiger partial charge on any atom is -0.394 e. The number of hydrogen-bond donors (Lipinski definition) is 4. The van der Waals surface area contributed by atoms with Crippen molar-refractivity contribution in [1.82, 2.24) is 5.32 Å². The molecule has 1 amide bonds. The second-order valence-electron chi connectivity index (χ2n) is 8.05. The first kappa shape index (κ1) is 26.9. The molecule has 2 rings (SSSR count). The number of carbonyl (C=O) groups is 1. The Bertz CT molecular complexity index is 803. The summed E-state index contributed by atoms with van der Waals surface area (Å²) in [6.45, 7) is 3.23. The summed E-state index contributed by atoms with van der Waals surface area (Å²) in [5.41, 5.74) is 8.19. The number of amides is 1. The highest BCUT2D eigenvalue weighted by Crippen LogP contribution is 2.16. The minimum atomic E-state index is -1.32. The molecule has 2 aromatic rings. The van der Waals surface area contributed by atoms with Gasteiger partial charge in [0.15, 0.2) is 0 Å². The zero-order valence-corrected chi connectivity index (χ0v) is 19.5. The first-order chi connectivity index (χ1) is 15.8. The number of aliphatic hydroxyl groups excluding tert-OH is 2. The van der Waals surface area contributed by atoms with Gasteiger partial charge in [-0.2, -0.15) is 0 Å². The van der Waals surface area contributed by atoms with E-state index in [4.69, 9.17) is 19.9 Å². The molecule has 0 spiro atoms. The van der Waals surface area contributed by atoms with Crippen LogP contribution < -0.4 is 11.1 Å². The van der Waals surface area contributed by atoms with E-state index in [0.29, 0.717) is 6.42 Å². The number of hydrogen-bond acceptors (Lipinski definition) is 7. The molecule has 0 aliphatic rings. The first-order valence-electron chi connectivity index (χ1n) is 11.1. The zero-order valence-electron chi connectivity index (χ0n) is 19.5. The molecule has 8 nitrogen and oxygen atoms in total. The van der Waals surface area contributed by atoms with Crippen LogP contribution in [0.5, 0.6) is 0 Å². The third-order valence-electron chi connectivity index (χ3n) is 5.31. The fourth-order valence-corrected chi connectivity index (χ4v) is 3.42. The van der Waals surface area contributed by atoms with Gasteiger partial charge in [-0.1, -0.05) is 60.7 Å². The molecule has 0 aromatic heterocycles. The molecule has 2 aromatic carbocycles. The van der Waals surface area contributed by atoms with E-state index in [1.165, 1.54) is 7.11 Å². The van der Waals surface area contributed by atoms with Gasteiger partial charge in [0.25, 0.3) is 0 Å². The number of nitrogens with one attached hydrogen (secondary N) is 1. The van der Waals surface area contributed by atoms with Gasteiger partial charge in [-0.05, 0) is 31.4 Å². The fraction of sp³-hybridized carbons (Fsp3) is 0.480. The second-order valence-corrected chi connectivity index (χ2v) is 8.05. The van der Waals surface area contributed by atoms with E-state index in [2.05, 4.69) is 5.32 Å². The average Bonchev–Trinajstić information content (AvgIpc) is 2.82. The maximum Gasteiger partial charge on any atom is 0.249 e. The lowest BCUT2D eigenvalue weighted by Crippen LogP contribution is -2.55. The van der Waals surface area contributed by atoms with E-state index in [1.807, 2.05) is 67.6 Å². The maximum absolute atomic E-state index is 12.7. The van der Waals surface area contributed by atoms with Crippen LogP contribution in [0.2, 0.25) is 0 Å². The van der Waals surface area contributed by atoms with Gasteiger partial charge < -0.3 is 35.5 Å². The lowest BCUT2D eigenvalue weighted by atomic mass is 10.1. The summed E-state index contributed by atoms with van der Waals surface area (Å²) in [7, 11) is 1.36. The smallest absolute Gasteiger partial charge is 0.249 e. The quantitative estimate of drug-likeness (QED) is 0.314. The number of aliphatic hydroxyl groups is 2. The van der Waals surface area contributed by atoms with Crippen molar-refractivity contribution in [1.29, 1.82) is 0 Å². The summed E-state index contributed by atoms with van der Waals surface area (Å²) in [4.78, 5) is 12.7. The van der Waals surface area contributed by atoms with Crippen LogP contribution in [0.25, 0.3) is 0 Å². The lowest BCUT2D eigenvalue weighted by molar-refractivity contribution is -0.181. The van der Waals surface area contributed by atoms with Gasteiger partial charge >= 0.3 is 0 Å². The Kier molecular flexibility index (Phi) is 11.5. The van der Waals surface area contributed by atoms with Crippen LogP contribution in [0.15, 0.2) is 60.7 Å². The summed E-state index contributed by atoms with van der Waals surface area (Å²) in [5.74, 6) is -0.344. The number of ether oxygens (including phenoxy) is 3. The van der Waals surface area contributed by atoms with Crippen molar-refractivity contribution in [3.05, 3.63) is 71.8 Å². The Morgan fingerprint density at radius 3 is 2.15 bits per heavy atom. The van der Waals surface area contributed by atoms with E-state index in [1.54, 1.807) is 6.92 Å². The Morgan fingerprint density at radius 1 is 1.03 bits per heavy atom. The molecule has 0 saturated heterocycles. The third kappa shape index (κ3) is 8.85. The van der Waals surface area contributed by atoms with Gasteiger partial charge in [-0.15, -0.1) is 0 Å². The zero-order chi connectivity index (χ0) is 24.2. The van der Waals surface area contributed by atoms with Crippen LogP contribution in [-0.4, -0.2) is 66.5 Å². The third-order valence-corrected chi connectivity index (χ3v) is 5.31. The van der Waals surface area contributed by atoms with Crippen molar-refractivity contribution < 1.29 is 29.2 Å². The first-order valence-corrected chi connectivity index (χ1v) is 11.1. The summed E-state index contributed by atoms with van der Waals surface area (Å²) < 4.78 is 16.7. The van der Waals surface area contributed by atoms with Crippen molar-refractivity contribution in [3.63, 3.8) is 0 Å². The molecule has 3 unspecified atom stereocenters. The number of carbonyl (C=O) groups excluding carboxylic acids is 1. The van der Waals surface area contributed by atoms with Crippen molar-refractivity contribution in [2.45, 2.75) is 63.6 Å². The van der Waals surface area contributed by atoms with Crippen molar-refractivity contribution in [2.24, 2.45) is 5.73 Å². The molecule has 6 atom stereocenters. The van der Waals surface area contributed by atoms with E-state index in [0.717, 1.165) is 11.1 Å². The predicted molar refractivity (Wildman–Crippen MR) is 125 cm³/mol. The fourth-order valence-electron chi connectivity index (χ4n) is 3.42. The number of benzene rings is 2. The summed E-state index contributed by atoms with van der Waals surface area (Å²) in [5, 5.41) is 23.2. The Hall–Kier alpha value is -2.33. The summed E-state index contributed by atoms with van der Waals surface area (Å²) >= 11 is 0. The lowest BCUT2D eigenvalue weighted by Gasteiger charge is -2.33. The maximum atomic E-state index is 12.7. The van der Waals surface area contributed by atoms with Crippen LogP contribution in [0, 0.1) is 0 Å². The molecule has 0 aliphatic carbocycles. The van der Waals surface area contributed by atoms with Crippen molar-refractivity contribution >= 4 is 5.91 Å². The molecule has 0 aliphatic heterocycles. The molecule has 0 fully saturated rings. The molecule has 0 bridgehead atoms. The van der Waals surface area contributed by atoms with Gasteiger partial charge in [0.2, 0.25) is 5.91 Å². The van der Waals surface area contributed by atoms with Gasteiger partial charge in [0, 0.05) is 13.2 Å². The van der Waals surface area contributed by atoms with Gasteiger partial charge in [-0.25, -0.2) is 0 Å². The predicted octanol–water partition coefficient (Wildman–Crippen LogP) is 1.38. The topological polar surface area (TPSA) is 123 Å². The molecular formula is C25H36N2O6. The van der Waals surface area contributed by atoms with Crippen LogP contribution in [0.1, 0.15) is 25.0 Å². The van der Waals surface area contributed by atoms with E-state index in [9.17, 15) is 15.0 Å². The highest BCUT2D eigenvalue weighted by atomic mass is 16.6. The summed E-state index contributed by atoms with van der Waals surface area (Å²) in [6.07, 6.45) is -4.71. The van der Waals surface area contributed by atoms with Gasteiger partial charge in [-0.3, -0.25) is 4.79 Å². The Balaban J connectivity index is 2.01. The molecule has 0 heterocycles. The number of rotatable bonds is 14. The Morgan fingerprint density at radius 2 is 1.61 bits per heavy atom. The van der Waals surface area contributed by atoms with Crippen LogP contribution in [0.4, 0.5) is 0 Å². The number of methoxy groups -OCH3 is 1. The molecule has 8 heteroatoms. The molecule has 33 heavy (non-hydrogen) atoms. The van der Waals surface area contributed by atoms with E-state index >= 15 is 0 Å². The molecule has 5 N–H and O–H groups in total. The minimum absolute atomic E-state index is 0.124. The SMILES string of the molecule is COC(CO)C(O)C(O[C@H](C)C(=O)N[C@@H](C)Cc1ccccc1)[C@H](N)OCc1ccccc1.